The van der Waals surface area contributed by atoms with Crippen molar-refractivity contribution in [2.45, 2.75) is 45.7 Å². The van der Waals surface area contributed by atoms with Crippen LogP contribution in [0.5, 0.6) is 11.5 Å². The lowest BCUT2D eigenvalue weighted by Gasteiger charge is -2.31. The number of amides is 2. The largest absolute Gasteiger partial charge is 0.497 e. The number of ether oxygens (including phenoxy) is 2. The predicted molar refractivity (Wildman–Crippen MR) is 142 cm³/mol. The summed E-state index contributed by atoms with van der Waals surface area (Å²) in [7, 11) is 1.62. The van der Waals surface area contributed by atoms with Crippen LogP contribution in [0.1, 0.15) is 36.5 Å². The Labute approximate surface area is 214 Å². The van der Waals surface area contributed by atoms with Crippen molar-refractivity contribution in [1.29, 1.82) is 0 Å². The number of hydrogen-bond acceptors (Lipinski definition) is 4. The number of carbonyl (C=O) groups excluding carboxylic acids is 2. The molecular formula is C30H36N2O4. The van der Waals surface area contributed by atoms with Gasteiger partial charge in [-0.2, -0.15) is 0 Å². The standard InChI is InChI=1S/C30H36N2O4/c1-4-31-30(34)28(21-24-11-6-5-7-12-24)32(22-25-13-8-10-23(2)20-25)29(33)14-9-19-36-27-17-15-26(35-3)16-18-27/h5-8,10-13,15-18,20,28H,4,9,14,19,21-22H2,1-3H3,(H,31,34)/t28-/m0/s1. The number of methoxy groups -OCH3 is 1. The highest BCUT2D eigenvalue weighted by Crippen LogP contribution is 2.19. The minimum absolute atomic E-state index is 0.0676. The van der Waals surface area contributed by atoms with Crippen molar-refractivity contribution in [1.82, 2.24) is 10.2 Å². The van der Waals surface area contributed by atoms with Gasteiger partial charge in [-0.1, -0.05) is 60.2 Å². The van der Waals surface area contributed by atoms with E-state index in [1.807, 2.05) is 86.6 Å². The van der Waals surface area contributed by atoms with Crippen molar-refractivity contribution in [2.75, 3.05) is 20.3 Å². The second-order valence-corrected chi connectivity index (χ2v) is 8.74. The molecule has 3 rings (SSSR count). The molecule has 3 aromatic carbocycles. The van der Waals surface area contributed by atoms with E-state index >= 15 is 0 Å². The predicted octanol–water partition coefficient (Wildman–Crippen LogP) is 4.94. The smallest absolute Gasteiger partial charge is 0.243 e. The number of likely N-dealkylation sites (N-methyl/N-ethyl adjacent to an activating group) is 1. The number of hydrogen-bond donors (Lipinski definition) is 1. The van der Waals surface area contributed by atoms with Gasteiger partial charge in [-0.05, 0) is 55.7 Å². The lowest BCUT2D eigenvalue weighted by molar-refractivity contribution is -0.141. The van der Waals surface area contributed by atoms with Crippen LogP contribution in [0.4, 0.5) is 0 Å². The summed E-state index contributed by atoms with van der Waals surface area (Å²) in [5, 5.41) is 2.93. The zero-order valence-corrected chi connectivity index (χ0v) is 21.4. The average Bonchev–Trinajstić information content (AvgIpc) is 2.89. The van der Waals surface area contributed by atoms with Gasteiger partial charge < -0.3 is 19.7 Å². The minimum atomic E-state index is -0.608. The maximum absolute atomic E-state index is 13.5. The van der Waals surface area contributed by atoms with Crippen LogP contribution < -0.4 is 14.8 Å². The van der Waals surface area contributed by atoms with E-state index in [1.165, 1.54) is 0 Å². The van der Waals surface area contributed by atoms with Gasteiger partial charge in [-0.25, -0.2) is 0 Å². The van der Waals surface area contributed by atoms with Crippen molar-refractivity contribution >= 4 is 11.8 Å². The lowest BCUT2D eigenvalue weighted by Crippen LogP contribution is -2.50. The van der Waals surface area contributed by atoms with Crippen LogP contribution in [0, 0.1) is 6.92 Å². The van der Waals surface area contributed by atoms with Crippen molar-refractivity contribution in [2.24, 2.45) is 0 Å². The summed E-state index contributed by atoms with van der Waals surface area (Å²) in [5.41, 5.74) is 3.13. The van der Waals surface area contributed by atoms with Crippen molar-refractivity contribution < 1.29 is 19.1 Å². The Balaban J connectivity index is 1.74. The number of nitrogens with one attached hydrogen (secondary N) is 1. The summed E-state index contributed by atoms with van der Waals surface area (Å²) < 4.78 is 11.0. The number of aryl methyl sites for hydroxylation is 1. The molecule has 3 aromatic rings. The van der Waals surface area contributed by atoms with Crippen LogP contribution in [0.3, 0.4) is 0 Å². The first-order valence-corrected chi connectivity index (χ1v) is 12.4. The summed E-state index contributed by atoms with van der Waals surface area (Å²) in [4.78, 5) is 28.4. The van der Waals surface area contributed by atoms with E-state index in [2.05, 4.69) is 11.4 Å². The van der Waals surface area contributed by atoms with Crippen molar-refractivity contribution in [3.8, 4) is 11.5 Å². The second kappa shape index (κ2) is 13.9. The normalized spacial score (nSPS) is 11.4. The Kier molecular flexibility index (Phi) is 10.4. The first kappa shape index (κ1) is 26.8. The topological polar surface area (TPSA) is 67.9 Å². The molecule has 6 heteroatoms. The van der Waals surface area contributed by atoms with E-state index in [4.69, 9.17) is 9.47 Å². The van der Waals surface area contributed by atoms with E-state index in [1.54, 1.807) is 12.0 Å². The molecule has 1 atom stereocenters. The number of nitrogens with zero attached hydrogens (tertiary/aromatic N) is 1. The molecule has 190 valence electrons. The highest BCUT2D eigenvalue weighted by atomic mass is 16.5. The maximum atomic E-state index is 13.5. The highest BCUT2D eigenvalue weighted by molar-refractivity contribution is 5.88. The molecule has 0 aliphatic heterocycles. The quantitative estimate of drug-likeness (QED) is 0.346. The van der Waals surface area contributed by atoms with Gasteiger partial charge in [0.15, 0.2) is 0 Å². The fraction of sp³-hybridized carbons (Fsp3) is 0.333. The summed E-state index contributed by atoms with van der Waals surface area (Å²) >= 11 is 0. The number of carbonyl (C=O) groups is 2. The van der Waals surface area contributed by atoms with Gasteiger partial charge in [0, 0.05) is 25.9 Å². The Morgan fingerprint density at radius 3 is 2.28 bits per heavy atom. The minimum Gasteiger partial charge on any atom is -0.497 e. The average molecular weight is 489 g/mol. The van der Waals surface area contributed by atoms with Gasteiger partial charge in [0.2, 0.25) is 11.8 Å². The van der Waals surface area contributed by atoms with Crippen molar-refractivity contribution in [3.05, 3.63) is 95.6 Å². The Bertz CT molecular complexity index is 1100. The molecule has 0 fully saturated rings. The molecule has 0 bridgehead atoms. The van der Waals surface area contributed by atoms with E-state index in [-0.39, 0.29) is 18.2 Å². The Morgan fingerprint density at radius 2 is 1.61 bits per heavy atom. The molecule has 0 aromatic heterocycles. The number of rotatable bonds is 13. The molecule has 0 aliphatic rings. The molecule has 1 N–H and O–H groups in total. The van der Waals surface area contributed by atoms with Gasteiger partial charge in [0.1, 0.15) is 17.5 Å². The third kappa shape index (κ3) is 8.15. The van der Waals surface area contributed by atoms with Gasteiger partial charge in [-0.3, -0.25) is 9.59 Å². The van der Waals surface area contributed by atoms with Crippen LogP contribution in [-0.2, 0) is 22.6 Å². The third-order valence-electron chi connectivity index (χ3n) is 5.92. The molecule has 0 spiro atoms. The second-order valence-electron chi connectivity index (χ2n) is 8.74. The zero-order valence-electron chi connectivity index (χ0n) is 21.4. The molecule has 2 amide bonds. The van der Waals surface area contributed by atoms with Gasteiger partial charge >= 0.3 is 0 Å². The van der Waals surface area contributed by atoms with Gasteiger partial charge in [-0.15, -0.1) is 0 Å². The maximum Gasteiger partial charge on any atom is 0.243 e. The molecule has 0 saturated heterocycles. The molecule has 6 nitrogen and oxygen atoms in total. The van der Waals surface area contributed by atoms with Crippen LogP contribution in [0.15, 0.2) is 78.9 Å². The van der Waals surface area contributed by atoms with E-state index in [0.29, 0.717) is 32.5 Å². The molecule has 0 radical (unpaired) electrons. The fourth-order valence-electron chi connectivity index (χ4n) is 4.08. The Hall–Kier alpha value is -3.80. The van der Waals surface area contributed by atoms with E-state index in [9.17, 15) is 9.59 Å². The van der Waals surface area contributed by atoms with Crippen LogP contribution in [0.25, 0.3) is 0 Å². The van der Waals surface area contributed by atoms with E-state index < -0.39 is 6.04 Å². The van der Waals surface area contributed by atoms with Crippen molar-refractivity contribution in [3.63, 3.8) is 0 Å². The lowest BCUT2D eigenvalue weighted by atomic mass is 10.0. The number of benzene rings is 3. The van der Waals surface area contributed by atoms with Crippen LogP contribution in [-0.4, -0.2) is 43.0 Å². The zero-order chi connectivity index (χ0) is 25.8. The molecular weight excluding hydrogens is 452 g/mol. The summed E-state index contributed by atoms with van der Waals surface area (Å²) in [6, 6.07) is 24.6. The summed E-state index contributed by atoms with van der Waals surface area (Å²) in [6.45, 7) is 5.19. The molecule has 0 saturated carbocycles. The van der Waals surface area contributed by atoms with Crippen LogP contribution >= 0.6 is 0 Å². The summed E-state index contributed by atoms with van der Waals surface area (Å²) in [6.07, 6.45) is 1.28. The SMILES string of the molecule is CCNC(=O)[C@H](Cc1ccccc1)N(Cc1cccc(C)c1)C(=O)CCCOc1ccc(OC)cc1. The first-order chi connectivity index (χ1) is 17.5. The van der Waals surface area contributed by atoms with Crippen LogP contribution in [0.2, 0.25) is 0 Å². The molecule has 0 aliphatic carbocycles. The third-order valence-corrected chi connectivity index (χ3v) is 5.92. The molecule has 0 heterocycles. The highest BCUT2D eigenvalue weighted by Gasteiger charge is 2.29. The first-order valence-electron chi connectivity index (χ1n) is 12.4. The molecule has 0 unspecified atom stereocenters. The van der Waals surface area contributed by atoms with E-state index in [0.717, 1.165) is 28.2 Å². The molecule has 36 heavy (non-hydrogen) atoms. The Morgan fingerprint density at radius 1 is 0.917 bits per heavy atom. The monoisotopic (exact) mass is 488 g/mol. The van der Waals surface area contributed by atoms with Gasteiger partial charge in [0.25, 0.3) is 0 Å². The van der Waals surface area contributed by atoms with Gasteiger partial charge in [0.05, 0.1) is 13.7 Å². The summed E-state index contributed by atoms with van der Waals surface area (Å²) in [5.74, 6) is 1.28. The fourth-order valence-corrected chi connectivity index (χ4v) is 4.08.